The van der Waals surface area contributed by atoms with Crippen LogP contribution in [0.4, 0.5) is 0 Å². The number of nitrogens with zero attached hydrogens (tertiary/aromatic N) is 2. The van der Waals surface area contributed by atoms with Gasteiger partial charge in [0.05, 0.1) is 5.69 Å². The molecule has 2 heterocycles. The Bertz CT molecular complexity index is 291. The summed E-state index contributed by atoms with van der Waals surface area (Å²) in [6, 6.07) is 2.07. The summed E-state index contributed by atoms with van der Waals surface area (Å²) in [6.45, 7) is 1.01. The summed E-state index contributed by atoms with van der Waals surface area (Å²) in [6.07, 6.45) is 4.76. The van der Waals surface area contributed by atoms with E-state index in [0.717, 1.165) is 18.7 Å². The standard InChI is InChI=1S/C10H17N3O/c1-13-9(5-7-12-13)10(14)8-4-2-3-6-11-8/h5,7-8,10-11,14H,2-4,6H2,1H3/t8-,10+/m1/s1. The first-order chi connectivity index (χ1) is 6.79. The average molecular weight is 195 g/mol. The maximum absolute atomic E-state index is 10.1. The minimum atomic E-state index is -0.428. The number of rotatable bonds is 2. The lowest BCUT2D eigenvalue weighted by molar-refractivity contribution is 0.106. The first kappa shape index (κ1) is 9.68. The van der Waals surface area contributed by atoms with Crippen LogP contribution in [0.1, 0.15) is 31.1 Å². The molecule has 1 aliphatic heterocycles. The largest absolute Gasteiger partial charge is 0.385 e. The van der Waals surface area contributed by atoms with E-state index >= 15 is 0 Å². The second-order valence-electron chi connectivity index (χ2n) is 3.88. The van der Waals surface area contributed by atoms with E-state index in [1.165, 1.54) is 12.8 Å². The monoisotopic (exact) mass is 195 g/mol. The van der Waals surface area contributed by atoms with E-state index in [2.05, 4.69) is 10.4 Å². The molecule has 0 aliphatic carbocycles. The van der Waals surface area contributed by atoms with Gasteiger partial charge in [-0.15, -0.1) is 0 Å². The van der Waals surface area contributed by atoms with E-state index in [1.54, 1.807) is 10.9 Å². The molecule has 2 rings (SSSR count). The molecule has 1 aromatic rings. The molecule has 0 spiro atoms. The number of hydrogen-bond donors (Lipinski definition) is 2. The smallest absolute Gasteiger partial charge is 0.111 e. The Labute approximate surface area is 83.9 Å². The Kier molecular flexibility index (Phi) is 2.84. The van der Waals surface area contributed by atoms with Gasteiger partial charge >= 0.3 is 0 Å². The lowest BCUT2D eigenvalue weighted by Crippen LogP contribution is -2.39. The number of piperidine rings is 1. The molecule has 2 N–H and O–H groups in total. The van der Waals surface area contributed by atoms with Gasteiger partial charge in [0.1, 0.15) is 6.10 Å². The summed E-state index contributed by atoms with van der Waals surface area (Å²) in [7, 11) is 1.86. The van der Waals surface area contributed by atoms with Gasteiger partial charge in [-0.25, -0.2) is 0 Å². The summed E-state index contributed by atoms with van der Waals surface area (Å²) in [5.74, 6) is 0. The molecule has 4 nitrogen and oxygen atoms in total. The molecule has 1 saturated heterocycles. The summed E-state index contributed by atoms with van der Waals surface area (Å²) >= 11 is 0. The minimum absolute atomic E-state index is 0.194. The van der Waals surface area contributed by atoms with Gasteiger partial charge in [-0.3, -0.25) is 4.68 Å². The van der Waals surface area contributed by atoms with Gasteiger partial charge in [0.25, 0.3) is 0 Å². The number of aromatic nitrogens is 2. The van der Waals surface area contributed by atoms with Gasteiger partial charge in [-0.1, -0.05) is 6.42 Å². The molecule has 0 saturated carbocycles. The molecule has 0 amide bonds. The van der Waals surface area contributed by atoms with Crippen molar-refractivity contribution in [3.8, 4) is 0 Å². The highest BCUT2D eigenvalue weighted by Gasteiger charge is 2.24. The van der Waals surface area contributed by atoms with Crippen molar-refractivity contribution in [2.45, 2.75) is 31.4 Å². The molecule has 4 heteroatoms. The molecule has 78 valence electrons. The number of aliphatic hydroxyl groups is 1. The number of nitrogens with one attached hydrogen (secondary N) is 1. The molecule has 1 aliphatic rings. The highest BCUT2D eigenvalue weighted by Crippen LogP contribution is 2.21. The van der Waals surface area contributed by atoms with E-state index in [9.17, 15) is 5.11 Å². The van der Waals surface area contributed by atoms with E-state index in [4.69, 9.17) is 0 Å². The molecule has 0 radical (unpaired) electrons. The van der Waals surface area contributed by atoms with Gasteiger partial charge < -0.3 is 10.4 Å². The van der Waals surface area contributed by atoms with Crippen molar-refractivity contribution in [3.63, 3.8) is 0 Å². The van der Waals surface area contributed by atoms with Crippen LogP contribution in [0.3, 0.4) is 0 Å². The fraction of sp³-hybridized carbons (Fsp3) is 0.700. The van der Waals surface area contributed by atoms with E-state index < -0.39 is 6.10 Å². The van der Waals surface area contributed by atoms with Crippen LogP contribution in [-0.4, -0.2) is 27.5 Å². The topological polar surface area (TPSA) is 50.1 Å². The van der Waals surface area contributed by atoms with Crippen molar-refractivity contribution in [2.75, 3.05) is 6.54 Å². The third-order valence-electron chi connectivity index (χ3n) is 2.89. The predicted molar refractivity (Wildman–Crippen MR) is 53.8 cm³/mol. The SMILES string of the molecule is Cn1nccc1[C@@H](O)[C@H]1CCCCN1. The maximum Gasteiger partial charge on any atom is 0.111 e. The van der Waals surface area contributed by atoms with Gasteiger partial charge in [0, 0.05) is 19.3 Å². The van der Waals surface area contributed by atoms with Gasteiger partial charge in [-0.2, -0.15) is 5.10 Å². The molecule has 1 fully saturated rings. The molecular formula is C10H17N3O. The molecule has 0 bridgehead atoms. The lowest BCUT2D eigenvalue weighted by atomic mass is 9.98. The highest BCUT2D eigenvalue weighted by atomic mass is 16.3. The average Bonchev–Trinajstić information content (AvgIpc) is 2.65. The summed E-state index contributed by atoms with van der Waals surface area (Å²) in [5, 5.41) is 17.5. The van der Waals surface area contributed by atoms with E-state index in [1.807, 2.05) is 13.1 Å². The second-order valence-corrected chi connectivity index (χ2v) is 3.88. The quantitative estimate of drug-likeness (QED) is 0.726. The first-order valence-corrected chi connectivity index (χ1v) is 5.18. The Morgan fingerprint density at radius 2 is 2.50 bits per heavy atom. The van der Waals surface area contributed by atoms with Gasteiger partial charge in [0.15, 0.2) is 0 Å². The fourth-order valence-corrected chi connectivity index (χ4v) is 2.03. The minimum Gasteiger partial charge on any atom is -0.385 e. The fourth-order valence-electron chi connectivity index (χ4n) is 2.03. The maximum atomic E-state index is 10.1. The van der Waals surface area contributed by atoms with E-state index in [0.29, 0.717) is 0 Å². The van der Waals surface area contributed by atoms with Crippen LogP contribution >= 0.6 is 0 Å². The Morgan fingerprint density at radius 3 is 3.07 bits per heavy atom. The zero-order valence-corrected chi connectivity index (χ0v) is 8.48. The first-order valence-electron chi connectivity index (χ1n) is 5.18. The number of hydrogen-bond acceptors (Lipinski definition) is 3. The molecule has 0 aromatic carbocycles. The van der Waals surface area contributed by atoms with Crippen molar-refractivity contribution in [1.29, 1.82) is 0 Å². The van der Waals surface area contributed by atoms with Crippen LogP contribution in [0.2, 0.25) is 0 Å². The normalized spacial score (nSPS) is 24.9. The highest BCUT2D eigenvalue weighted by molar-refractivity contribution is 5.07. The van der Waals surface area contributed by atoms with E-state index in [-0.39, 0.29) is 6.04 Å². The lowest BCUT2D eigenvalue weighted by Gasteiger charge is -2.27. The van der Waals surface area contributed by atoms with Crippen LogP contribution in [0.5, 0.6) is 0 Å². The third kappa shape index (κ3) is 1.81. The molecule has 2 atom stereocenters. The van der Waals surface area contributed by atoms with Gasteiger partial charge in [-0.05, 0) is 25.5 Å². The number of aliphatic hydroxyl groups excluding tert-OH is 1. The zero-order chi connectivity index (χ0) is 9.97. The van der Waals surface area contributed by atoms with Crippen molar-refractivity contribution < 1.29 is 5.11 Å². The molecule has 14 heavy (non-hydrogen) atoms. The van der Waals surface area contributed by atoms with Crippen molar-refractivity contribution in [3.05, 3.63) is 18.0 Å². The van der Waals surface area contributed by atoms with Crippen LogP contribution in [0.25, 0.3) is 0 Å². The predicted octanol–water partition coefficient (Wildman–Crippen LogP) is 0.596. The Balaban J connectivity index is 2.07. The Hall–Kier alpha value is -0.870. The van der Waals surface area contributed by atoms with Crippen LogP contribution in [0.15, 0.2) is 12.3 Å². The third-order valence-corrected chi connectivity index (χ3v) is 2.89. The van der Waals surface area contributed by atoms with Crippen molar-refractivity contribution >= 4 is 0 Å². The van der Waals surface area contributed by atoms with Crippen molar-refractivity contribution in [1.82, 2.24) is 15.1 Å². The number of aryl methyl sites for hydroxylation is 1. The molecule has 0 unspecified atom stereocenters. The zero-order valence-electron chi connectivity index (χ0n) is 8.48. The van der Waals surface area contributed by atoms with Gasteiger partial charge in [0.2, 0.25) is 0 Å². The Morgan fingerprint density at radius 1 is 1.64 bits per heavy atom. The van der Waals surface area contributed by atoms with Crippen LogP contribution in [-0.2, 0) is 7.05 Å². The second kappa shape index (κ2) is 4.11. The van der Waals surface area contributed by atoms with Crippen molar-refractivity contribution in [2.24, 2.45) is 7.05 Å². The summed E-state index contributed by atoms with van der Waals surface area (Å²) in [4.78, 5) is 0. The van der Waals surface area contributed by atoms with Crippen LogP contribution in [0, 0.1) is 0 Å². The summed E-state index contributed by atoms with van der Waals surface area (Å²) in [5.41, 5.74) is 0.893. The molecule has 1 aromatic heterocycles. The summed E-state index contributed by atoms with van der Waals surface area (Å²) < 4.78 is 1.74. The van der Waals surface area contributed by atoms with Crippen LogP contribution < -0.4 is 5.32 Å². The molecular weight excluding hydrogens is 178 g/mol.